The first-order valence-corrected chi connectivity index (χ1v) is 10.6. The highest BCUT2D eigenvalue weighted by molar-refractivity contribution is 6.12. The highest BCUT2D eigenvalue weighted by Gasteiger charge is 2.42. The number of nitrogens with zero attached hydrogens (tertiary/aromatic N) is 2. The molecule has 0 aromatic heterocycles. The predicted molar refractivity (Wildman–Crippen MR) is 113 cm³/mol. The average Bonchev–Trinajstić information content (AvgIpc) is 3.36. The number of carbonyl (C=O) groups excluding carboxylic acids is 1. The number of amides is 1. The molecule has 3 aliphatic heterocycles. The third-order valence-electron chi connectivity index (χ3n) is 6.23. The van der Waals surface area contributed by atoms with E-state index < -0.39 is 35.2 Å². The minimum absolute atomic E-state index is 0.0552. The van der Waals surface area contributed by atoms with Crippen molar-refractivity contribution in [2.75, 3.05) is 36.5 Å². The van der Waals surface area contributed by atoms with Gasteiger partial charge in [-0.2, -0.15) is 13.2 Å². The molecule has 1 N–H and O–H groups in total. The van der Waals surface area contributed by atoms with Gasteiger partial charge < -0.3 is 19.7 Å². The largest absolute Gasteiger partial charge is 0.418 e. The van der Waals surface area contributed by atoms with Crippen LogP contribution >= 0.6 is 0 Å². The lowest BCUT2D eigenvalue weighted by molar-refractivity contribution is -0.169. The molecule has 3 heterocycles. The molecule has 0 radical (unpaired) electrons. The Morgan fingerprint density at radius 1 is 1.09 bits per heavy atom. The summed E-state index contributed by atoms with van der Waals surface area (Å²) in [5.74, 6) is -2.49. The molecule has 2 aromatic carbocycles. The molecule has 2 aromatic rings. The van der Waals surface area contributed by atoms with Crippen molar-refractivity contribution >= 4 is 29.2 Å². The third kappa shape index (κ3) is 4.20. The Kier molecular flexibility index (Phi) is 5.37. The van der Waals surface area contributed by atoms with Crippen LogP contribution in [-0.2, 0) is 20.4 Å². The van der Waals surface area contributed by atoms with E-state index in [9.17, 15) is 22.4 Å². The van der Waals surface area contributed by atoms with Crippen LogP contribution in [0, 0.1) is 5.82 Å². The maximum absolute atomic E-state index is 13.9. The van der Waals surface area contributed by atoms with Gasteiger partial charge in [-0.05, 0) is 42.0 Å². The quantitative estimate of drug-likeness (QED) is 0.533. The van der Waals surface area contributed by atoms with E-state index in [1.165, 1.54) is 36.5 Å². The van der Waals surface area contributed by atoms with Gasteiger partial charge in [-0.15, -0.1) is 0 Å². The normalized spacial score (nSPS) is 22.2. The lowest BCUT2D eigenvalue weighted by Crippen LogP contribution is -2.45. The van der Waals surface area contributed by atoms with E-state index in [0.29, 0.717) is 50.4 Å². The second kappa shape index (κ2) is 8.11. The number of ether oxygens (including phenoxy) is 2. The van der Waals surface area contributed by atoms with E-state index in [-0.39, 0.29) is 11.4 Å². The number of nitrogens with one attached hydrogen (secondary N) is 1. The predicted octanol–water partition coefficient (Wildman–Crippen LogP) is 4.63. The molecular formula is C23H21F4N3O3. The summed E-state index contributed by atoms with van der Waals surface area (Å²) in [4.78, 5) is 18.0. The van der Waals surface area contributed by atoms with E-state index in [0.717, 1.165) is 6.07 Å². The van der Waals surface area contributed by atoms with Crippen LogP contribution in [0.5, 0.6) is 0 Å². The molecular weight excluding hydrogens is 442 g/mol. The number of carbonyl (C=O) groups is 1. The smallest absolute Gasteiger partial charge is 0.371 e. The zero-order valence-electron chi connectivity index (χ0n) is 17.5. The Hall–Kier alpha value is -2.98. The Morgan fingerprint density at radius 3 is 2.52 bits per heavy atom. The number of hydrogen-bond acceptors (Lipinski definition) is 5. The molecule has 1 amide bonds. The molecule has 0 bridgehead atoms. The molecule has 0 saturated carbocycles. The molecule has 2 fully saturated rings. The zero-order chi connectivity index (χ0) is 23.2. The molecule has 0 aliphatic carbocycles. The van der Waals surface area contributed by atoms with Crippen molar-refractivity contribution in [3.63, 3.8) is 0 Å². The van der Waals surface area contributed by atoms with Crippen LogP contribution in [-0.4, -0.2) is 44.2 Å². The van der Waals surface area contributed by atoms with E-state index in [1.54, 1.807) is 4.90 Å². The van der Waals surface area contributed by atoms with Gasteiger partial charge in [0, 0.05) is 43.5 Å². The number of alkyl halides is 3. The van der Waals surface area contributed by atoms with Crippen molar-refractivity contribution < 1.29 is 31.8 Å². The van der Waals surface area contributed by atoms with Crippen molar-refractivity contribution in [3.05, 3.63) is 53.3 Å². The molecule has 10 heteroatoms. The second-order valence-electron chi connectivity index (χ2n) is 8.27. The Balaban J connectivity index is 1.39. The van der Waals surface area contributed by atoms with E-state index in [1.807, 2.05) is 0 Å². The van der Waals surface area contributed by atoms with Gasteiger partial charge >= 0.3 is 6.18 Å². The van der Waals surface area contributed by atoms with Gasteiger partial charge in [-0.3, -0.25) is 9.79 Å². The van der Waals surface area contributed by atoms with Crippen LogP contribution in [0.15, 0.2) is 41.4 Å². The number of halogens is 4. The second-order valence-corrected chi connectivity index (χ2v) is 8.27. The number of hydrogen-bond donors (Lipinski definition) is 1. The van der Waals surface area contributed by atoms with Crippen LogP contribution in [0.3, 0.4) is 0 Å². The summed E-state index contributed by atoms with van der Waals surface area (Å²) in [6.07, 6.45) is -2.38. The summed E-state index contributed by atoms with van der Waals surface area (Å²) in [6, 6.07) is 7.73. The number of piperidine rings is 1. The van der Waals surface area contributed by atoms with Crippen molar-refractivity contribution in [2.45, 2.75) is 30.7 Å². The van der Waals surface area contributed by atoms with Crippen molar-refractivity contribution in [2.24, 2.45) is 4.99 Å². The topological polar surface area (TPSA) is 63.2 Å². The van der Waals surface area contributed by atoms with Crippen LogP contribution in [0.1, 0.15) is 29.9 Å². The molecule has 1 atom stereocenters. The van der Waals surface area contributed by atoms with E-state index in [2.05, 4.69) is 10.3 Å². The summed E-state index contributed by atoms with van der Waals surface area (Å²) in [5.41, 5.74) is 0.181. The molecule has 33 heavy (non-hydrogen) atoms. The van der Waals surface area contributed by atoms with Crippen LogP contribution < -0.4 is 10.2 Å². The maximum Gasteiger partial charge on any atom is 0.418 e. The van der Waals surface area contributed by atoms with Crippen LogP contribution in [0.4, 0.5) is 34.6 Å². The van der Waals surface area contributed by atoms with Crippen LogP contribution in [0.25, 0.3) is 0 Å². The van der Waals surface area contributed by atoms with Gasteiger partial charge in [0.2, 0.25) is 5.91 Å². The Morgan fingerprint density at radius 2 is 1.82 bits per heavy atom. The lowest BCUT2D eigenvalue weighted by atomic mass is 10.0. The standard InChI is InChI=1S/C23H21F4N3O3/c24-14-1-3-19-16(11-14)17(21(31)29-19)13-28-15-2-4-20(18(12-15)23(25,26)27)30-7-5-22(6-8-30)32-9-10-33-22/h1-4,11-13,17H,5-10H2,(H,29,31). The number of rotatable bonds is 3. The third-order valence-corrected chi connectivity index (χ3v) is 6.23. The van der Waals surface area contributed by atoms with Crippen molar-refractivity contribution in [1.82, 2.24) is 0 Å². The number of fused-ring (bicyclic) bond motifs is 1. The summed E-state index contributed by atoms with van der Waals surface area (Å²) in [5, 5.41) is 2.62. The summed E-state index contributed by atoms with van der Waals surface area (Å²) < 4.78 is 66.6. The average molecular weight is 463 g/mol. The van der Waals surface area contributed by atoms with Crippen LogP contribution in [0.2, 0.25) is 0 Å². The Bertz CT molecular complexity index is 1100. The maximum atomic E-state index is 13.9. The minimum atomic E-state index is -4.59. The van der Waals surface area contributed by atoms with Crippen molar-refractivity contribution in [3.8, 4) is 0 Å². The van der Waals surface area contributed by atoms with Crippen molar-refractivity contribution in [1.29, 1.82) is 0 Å². The van der Waals surface area contributed by atoms with E-state index >= 15 is 0 Å². The van der Waals surface area contributed by atoms with E-state index in [4.69, 9.17) is 9.47 Å². The molecule has 5 rings (SSSR count). The first-order chi connectivity index (χ1) is 15.7. The number of benzene rings is 2. The molecule has 1 unspecified atom stereocenters. The number of aliphatic imine (C=N–C) groups is 1. The Labute approximate surface area is 187 Å². The summed E-state index contributed by atoms with van der Waals surface area (Å²) in [7, 11) is 0. The molecule has 174 valence electrons. The highest BCUT2D eigenvalue weighted by Crippen LogP contribution is 2.41. The molecule has 6 nitrogen and oxygen atoms in total. The fourth-order valence-corrected chi connectivity index (χ4v) is 4.55. The SMILES string of the molecule is O=C1Nc2ccc(F)cc2C1C=Nc1ccc(N2CCC3(CC2)OCCO3)c(C(F)(F)F)c1. The minimum Gasteiger partial charge on any atom is -0.371 e. The highest BCUT2D eigenvalue weighted by atomic mass is 19.4. The molecule has 2 saturated heterocycles. The fourth-order valence-electron chi connectivity index (χ4n) is 4.55. The molecule has 3 aliphatic rings. The monoisotopic (exact) mass is 463 g/mol. The van der Waals surface area contributed by atoms with Gasteiger partial charge in [-0.25, -0.2) is 4.39 Å². The first-order valence-electron chi connectivity index (χ1n) is 10.6. The summed E-state index contributed by atoms with van der Waals surface area (Å²) in [6.45, 7) is 1.74. The first kappa shape index (κ1) is 21.8. The van der Waals surface area contributed by atoms with Gasteiger partial charge in [0.25, 0.3) is 0 Å². The van der Waals surface area contributed by atoms with Gasteiger partial charge in [0.05, 0.1) is 24.5 Å². The molecule has 1 spiro atoms. The fraction of sp³-hybridized carbons (Fsp3) is 0.391. The number of anilines is 2. The zero-order valence-corrected chi connectivity index (χ0v) is 17.5. The summed E-state index contributed by atoms with van der Waals surface area (Å²) >= 11 is 0. The van der Waals surface area contributed by atoms with Gasteiger partial charge in [0.15, 0.2) is 5.79 Å². The van der Waals surface area contributed by atoms with Gasteiger partial charge in [-0.1, -0.05) is 0 Å². The lowest BCUT2D eigenvalue weighted by Gasteiger charge is -2.39. The van der Waals surface area contributed by atoms with Gasteiger partial charge in [0.1, 0.15) is 11.7 Å².